The minimum absolute atomic E-state index is 0.0198. The number of piperazine rings is 1. The van der Waals surface area contributed by atoms with Crippen LogP contribution in [0.4, 0.5) is 10.5 Å². The number of halogens is 1. The second kappa shape index (κ2) is 9.14. The smallest absolute Gasteiger partial charge is 0.410 e. The van der Waals surface area contributed by atoms with Crippen LogP contribution in [-0.4, -0.2) is 55.9 Å². The average Bonchev–Trinajstić information content (AvgIpc) is 3.14. The third-order valence-corrected chi connectivity index (χ3v) is 6.49. The molecule has 10 heteroatoms. The lowest BCUT2D eigenvalue weighted by molar-refractivity contribution is 0.00988. The van der Waals surface area contributed by atoms with E-state index in [0.29, 0.717) is 34.6 Å². The van der Waals surface area contributed by atoms with Crippen LogP contribution >= 0.6 is 15.9 Å². The number of amides is 1. The Morgan fingerprint density at radius 3 is 2.50 bits per heavy atom. The van der Waals surface area contributed by atoms with Gasteiger partial charge in [-0.3, -0.25) is 4.79 Å². The van der Waals surface area contributed by atoms with E-state index in [0.717, 1.165) is 12.8 Å². The van der Waals surface area contributed by atoms with E-state index >= 15 is 0 Å². The van der Waals surface area contributed by atoms with Gasteiger partial charge in [-0.25, -0.2) is 19.0 Å². The van der Waals surface area contributed by atoms with E-state index in [1.807, 2.05) is 32.6 Å². The number of nitriles is 1. The molecule has 0 radical (unpaired) electrons. The molecule has 9 nitrogen and oxygen atoms in total. The Labute approximate surface area is 196 Å². The fraction of sp³-hybridized carbons (Fsp3) is 0.636. The Hall–Kier alpha value is -2.54. The summed E-state index contributed by atoms with van der Waals surface area (Å²) < 4.78 is 9.27. The van der Waals surface area contributed by atoms with Gasteiger partial charge in [-0.15, -0.1) is 0 Å². The number of rotatable bonds is 4. The first kappa shape index (κ1) is 24.1. The molecule has 1 saturated heterocycles. The fourth-order valence-corrected chi connectivity index (χ4v) is 4.80. The van der Waals surface area contributed by atoms with E-state index in [2.05, 4.69) is 38.8 Å². The van der Waals surface area contributed by atoms with Gasteiger partial charge in [0.1, 0.15) is 15.8 Å². The number of aryl methyl sites for hydroxylation is 1. The van der Waals surface area contributed by atoms with Gasteiger partial charge in [0.15, 0.2) is 5.65 Å². The lowest BCUT2D eigenvalue weighted by atomic mass is 10.0. The van der Waals surface area contributed by atoms with Crippen LogP contribution in [0.3, 0.4) is 0 Å². The number of hydrogen-bond acceptors (Lipinski definition) is 6. The summed E-state index contributed by atoms with van der Waals surface area (Å²) in [6.45, 7) is 10.7. The van der Waals surface area contributed by atoms with E-state index in [-0.39, 0.29) is 30.2 Å². The maximum absolute atomic E-state index is 13.0. The highest BCUT2D eigenvalue weighted by Gasteiger charge is 2.39. The van der Waals surface area contributed by atoms with Crippen molar-refractivity contribution in [1.82, 2.24) is 19.1 Å². The summed E-state index contributed by atoms with van der Waals surface area (Å²) in [6.07, 6.45) is 3.10. The van der Waals surface area contributed by atoms with Crippen LogP contribution in [0.25, 0.3) is 5.65 Å². The fourth-order valence-electron chi connectivity index (χ4n) is 4.13. The molecule has 1 aliphatic rings. The van der Waals surface area contributed by atoms with Crippen molar-refractivity contribution in [2.24, 2.45) is 7.05 Å². The van der Waals surface area contributed by atoms with Gasteiger partial charge in [-0.1, -0.05) is 13.8 Å². The molecule has 2 aromatic rings. The zero-order chi connectivity index (χ0) is 23.8. The molecule has 1 amide bonds. The maximum Gasteiger partial charge on any atom is 0.410 e. The quantitative estimate of drug-likeness (QED) is 0.629. The SMILES string of the molecule is CC[C@@H]1CN(c2c(Br)c(=O)n(C)n3cc(CC#N)nc23)[C@@H](CC)CN1C(=O)OC(C)(C)C. The van der Waals surface area contributed by atoms with Gasteiger partial charge in [0.25, 0.3) is 5.56 Å². The van der Waals surface area contributed by atoms with Gasteiger partial charge in [0.2, 0.25) is 0 Å². The van der Waals surface area contributed by atoms with Crippen molar-refractivity contribution >= 4 is 33.4 Å². The molecule has 3 rings (SSSR count). The Balaban J connectivity index is 2.09. The number of aromatic nitrogens is 3. The van der Waals surface area contributed by atoms with E-state index in [1.54, 1.807) is 17.8 Å². The lowest BCUT2D eigenvalue weighted by Gasteiger charge is -2.47. The predicted molar refractivity (Wildman–Crippen MR) is 126 cm³/mol. The molecular formula is C22H31BrN6O3. The van der Waals surface area contributed by atoms with Crippen LogP contribution in [0.5, 0.6) is 0 Å². The number of nitrogens with zero attached hydrogens (tertiary/aromatic N) is 6. The number of ether oxygens (including phenoxy) is 1. The van der Waals surface area contributed by atoms with E-state index in [1.165, 1.54) is 4.68 Å². The number of fused-ring (bicyclic) bond motifs is 1. The first-order chi connectivity index (χ1) is 15.0. The Bertz CT molecular complexity index is 1110. The second-order valence-corrected chi connectivity index (χ2v) is 9.93. The minimum Gasteiger partial charge on any atom is -0.444 e. The van der Waals surface area contributed by atoms with Crippen LogP contribution in [0, 0.1) is 11.3 Å². The number of hydrogen-bond donors (Lipinski definition) is 0. The number of imidazole rings is 1. The zero-order valence-corrected chi connectivity index (χ0v) is 21.1. The third-order valence-electron chi connectivity index (χ3n) is 5.78. The van der Waals surface area contributed by atoms with Crippen molar-refractivity contribution in [2.45, 2.75) is 71.6 Å². The molecule has 174 valence electrons. The van der Waals surface area contributed by atoms with Gasteiger partial charge in [0.05, 0.1) is 30.4 Å². The van der Waals surface area contributed by atoms with Crippen LogP contribution < -0.4 is 10.5 Å². The largest absolute Gasteiger partial charge is 0.444 e. The van der Waals surface area contributed by atoms with Crippen molar-refractivity contribution in [1.29, 1.82) is 5.26 Å². The number of anilines is 1. The van der Waals surface area contributed by atoms with E-state index in [9.17, 15) is 9.59 Å². The molecule has 1 aliphatic heterocycles. The first-order valence-corrected chi connectivity index (χ1v) is 11.7. The molecule has 32 heavy (non-hydrogen) atoms. The number of carbonyl (C=O) groups excluding carboxylic acids is 1. The Morgan fingerprint density at radius 2 is 1.94 bits per heavy atom. The minimum atomic E-state index is -0.567. The highest BCUT2D eigenvalue weighted by atomic mass is 79.9. The monoisotopic (exact) mass is 506 g/mol. The van der Waals surface area contributed by atoms with E-state index < -0.39 is 5.60 Å². The number of carbonyl (C=O) groups is 1. The highest BCUT2D eigenvalue weighted by Crippen LogP contribution is 2.34. The molecule has 0 aliphatic carbocycles. The predicted octanol–water partition coefficient (Wildman–Crippen LogP) is 3.48. The van der Waals surface area contributed by atoms with Crippen molar-refractivity contribution in [3.63, 3.8) is 0 Å². The van der Waals surface area contributed by atoms with Gasteiger partial charge >= 0.3 is 6.09 Å². The molecule has 2 aromatic heterocycles. The Morgan fingerprint density at radius 1 is 1.28 bits per heavy atom. The van der Waals surface area contributed by atoms with Crippen LogP contribution in [0.15, 0.2) is 15.5 Å². The van der Waals surface area contributed by atoms with Crippen molar-refractivity contribution in [2.75, 3.05) is 18.0 Å². The van der Waals surface area contributed by atoms with E-state index in [4.69, 9.17) is 10.00 Å². The zero-order valence-electron chi connectivity index (χ0n) is 19.6. The van der Waals surface area contributed by atoms with Gasteiger partial charge in [0, 0.05) is 26.2 Å². The molecule has 3 heterocycles. The first-order valence-electron chi connectivity index (χ1n) is 10.9. The van der Waals surface area contributed by atoms with Gasteiger partial charge in [-0.05, 0) is 49.5 Å². The Kier molecular flexibility index (Phi) is 6.89. The molecule has 0 saturated carbocycles. The molecule has 0 aromatic carbocycles. The lowest BCUT2D eigenvalue weighted by Crippen LogP contribution is -2.60. The summed E-state index contributed by atoms with van der Waals surface area (Å²) >= 11 is 3.52. The van der Waals surface area contributed by atoms with Crippen LogP contribution in [-0.2, 0) is 18.2 Å². The van der Waals surface area contributed by atoms with Crippen molar-refractivity contribution < 1.29 is 9.53 Å². The summed E-state index contributed by atoms with van der Waals surface area (Å²) in [5.41, 5.74) is 1.16. The van der Waals surface area contributed by atoms with Gasteiger partial charge < -0.3 is 14.5 Å². The topological polar surface area (TPSA) is 95.9 Å². The highest BCUT2D eigenvalue weighted by molar-refractivity contribution is 9.10. The molecule has 0 spiro atoms. The molecule has 0 bridgehead atoms. The summed E-state index contributed by atoms with van der Waals surface area (Å²) in [5.74, 6) is 0. The summed E-state index contributed by atoms with van der Waals surface area (Å²) in [6, 6.07) is 2.03. The molecule has 2 atom stereocenters. The standard InChI is InChI=1S/C22H31BrN6O3/c1-7-15-13-28(21(31)32-22(3,4)5)16(8-2)12-27(15)18-17(23)20(30)26(6)29-11-14(9-10-24)25-19(18)29/h11,15-16H,7-9,12-13H2,1-6H3/t15-,16+/m0/s1. The summed E-state index contributed by atoms with van der Waals surface area (Å²) in [7, 11) is 1.67. The second-order valence-electron chi connectivity index (χ2n) is 9.14. The molecule has 1 fully saturated rings. The van der Waals surface area contributed by atoms with Crippen molar-refractivity contribution in [3.05, 3.63) is 26.7 Å². The molecule has 0 unspecified atom stereocenters. The third kappa shape index (κ3) is 4.49. The van der Waals surface area contributed by atoms with Crippen molar-refractivity contribution in [3.8, 4) is 6.07 Å². The van der Waals surface area contributed by atoms with Crippen LogP contribution in [0.2, 0.25) is 0 Å². The van der Waals surface area contributed by atoms with Gasteiger partial charge in [-0.2, -0.15) is 5.26 Å². The summed E-state index contributed by atoms with van der Waals surface area (Å²) in [5, 5.41) is 9.11. The normalized spacial score (nSPS) is 19.3. The molecule has 0 N–H and O–H groups in total. The molecular weight excluding hydrogens is 476 g/mol. The summed E-state index contributed by atoms with van der Waals surface area (Å²) in [4.78, 5) is 34.6. The van der Waals surface area contributed by atoms with Crippen LogP contribution in [0.1, 0.15) is 53.2 Å². The average molecular weight is 507 g/mol. The maximum atomic E-state index is 13.0.